The largest absolute Gasteiger partial charge is 0.444 e. The molecule has 1 aliphatic carbocycles. The van der Waals surface area contributed by atoms with Crippen molar-refractivity contribution >= 4 is 6.09 Å². The standard InChI is InChI=1S/C20H38N2O2/c1-15-13-20(5,6)11-10-17(15)21-16-9-7-8-12-22(14-16)18(23)24-19(2,3)4/h15-17,21H,7-14H2,1-6H3. The van der Waals surface area contributed by atoms with Gasteiger partial charge in [0, 0.05) is 25.2 Å². The summed E-state index contributed by atoms with van der Waals surface area (Å²) in [5.74, 6) is 0.701. The SMILES string of the molecule is CC1CC(C)(C)CCC1NC1CCCCN(C(=O)OC(C)(C)C)C1. The second kappa shape index (κ2) is 7.63. The monoisotopic (exact) mass is 338 g/mol. The lowest BCUT2D eigenvalue weighted by Crippen LogP contribution is -2.50. The molecule has 24 heavy (non-hydrogen) atoms. The highest BCUT2D eigenvalue weighted by atomic mass is 16.6. The van der Waals surface area contributed by atoms with Gasteiger partial charge in [0.05, 0.1) is 0 Å². The van der Waals surface area contributed by atoms with Gasteiger partial charge in [-0.05, 0) is 64.2 Å². The summed E-state index contributed by atoms with van der Waals surface area (Å²) in [6.07, 6.45) is 7.08. The van der Waals surface area contributed by atoms with Gasteiger partial charge < -0.3 is 15.0 Å². The molecule has 3 unspecified atom stereocenters. The van der Waals surface area contributed by atoms with E-state index in [-0.39, 0.29) is 6.09 Å². The van der Waals surface area contributed by atoms with E-state index in [2.05, 4.69) is 26.1 Å². The molecule has 0 radical (unpaired) electrons. The van der Waals surface area contributed by atoms with E-state index in [1.54, 1.807) is 0 Å². The molecule has 1 saturated carbocycles. The Morgan fingerprint density at radius 2 is 1.92 bits per heavy atom. The molecule has 4 nitrogen and oxygen atoms in total. The minimum Gasteiger partial charge on any atom is -0.444 e. The Morgan fingerprint density at radius 1 is 1.21 bits per heavy atom. The Balaban J connectivity index is 1.91. The predicted molar refractivity (Wildman–Crippen MR) is 99.2 cm³/mol. The minimum atomic E-state index is -0.421. The molecule has 1 aliphatic heterocycles. The minimum absolute atomic E-state index is 0.158. The van der Waals surface area contributed by atoms with E-state index in [4.69, 9.17) is 4.74 Å². The molecular formula is C20H38N2O2. The number of likely N-dealkylation sites (tertiary alicyclic amines) is 1. The Labute approximate surface area is 148 Å². The van der Waals surface area contributed by atoms with Crippen LogP contribution < -0.4 is 5.32 Å². The highest BCUT2D eigenvalue weighted by Gasteiger charge is 2.34. The average molecular weight is 339 g/mol. The van der Waals surface area contributed by atoms with Crippen molar-refractivity contribution in [2.45, 2.75) is 97.8 Å². The van der Waals surface area contributed by atoms with Crippen LogP contribution in [0.5, 0.6) is 0 Å². The first-order chi connectivity index (χ1) is 11.1. The number of nitrogens with zero attached hydrogens (tertiary/aromatic N) is 1. The van der Waals surface area contributed by atoms with Crippen molar-refractivity contribution in [2.24, 2.45) is 11.3 Å². The molecule has 1 saturated heterocycles. The maximum absolute atomic E-state index is 12.4. The summed E-state index contributed by atoms with van der Waals surface area (Å²) >= 11 is 0. The van der Waals surface area contributed by atoms with Crippen LogP contribution >= 0.6 is 0 Å². The number of nitrogens with one attached hydrogen (secondary N) is 1. The van der Waals surface area contributed by atoms with Crippen molar-refractivity contribution in [1.82, 2.24) is 10.2 Å². The molecule has 0 bridgehead atoms. The first-order valence-electron chi connectivity index (χ1n) is 9.80. The second-order valence-corrected chi connectivity index (χ2v) is 9.78. The van der Waals surface area contributed by atoms with Gasteiger partial charge in [-0.25, -0.2) is 4.79 Å². The smallest absolute Gasteiger partial charge is 0.410 e. The first kappa shape index (κ1) is 19.6. The summed E-state index contributed by atoms with van der Waals surface area (Å²) in [5, 5.41) is 3.88. The second-order valence-electron chi connectivity index (χ2n) is 9.78. The van der Waals surface area contributed by atoms with Crippen molar-refractivity contribution in [2.75, 3.05) is 13.1 Å². The topological polar surface area (TPSA) is 41.6 Å². The van der Waals surface area contributed by atoms with Gasteiger partial charge in [-0.2, -0.15) is 0 Å². The molecule has 140 valence electrons. The summed E-state index contributed by atoms with van der Waals surface area (Å²) in [6.45, 7) is 14.5. The van der Waals surface area contributed by atoms with Crippen LogP contribution in [0.15, 0.2) is 0 Å². The molecule has 0 aromatic carbocycles. The van der Waals surface area contributed by atoms with Gasteiger partial charge >= 0.3 is 6.09 Å². The maximum Gasteiger partial charge on any atom is 0.410 e. The normalized spacial score (nSPS) is 31.4. The van der Waals surface area contributed by atoms with E-state index in [0.29, 0.717) is 23.4 Å². The number of hydrogen-bond acceptors (Lipinski definition) is 3. The molecule has 3 atom stereocenters. The van der Waals surface area contributed by atoms with Crippen LogP contribution in [0.1, 0.15) is 80.1 Å². The van der Waals surface area contributed by atoms with E-state index in [0.717, 1.165) is 25.9 Å². The summed E-state index contributed by atoms with van der Waals surface area (Å²) in [4.78, 5) is 14.3. The average Bonchev–Trinajstić information content (AvgIpc) is 2.65. The number of rotatable bonds is 2. The molecule has 4 heteroatoms. The van der Waals surface area contributed by atoms with Crippen LogP contribution in [-0.4, -0.2) is 41.8 Å². The maximum atomic E-state index is 12.4. The van der Waals surface area contributed by atoms with Crippen molar-refractivity contribution in [3.63, 3.8) is 0 Å². The Kier molecular flexibility index (Phi) is 6.22. The Bertz CT molecular complexity index is 428. The molecule has 2 aliphatic rings. The lowest BCUT2D eigenvalue weighted by Gasteiger charge is -2.41. The van der Waals surface area contributed by atoms with E-state index < -0.39 is 5.60 Å². The zero-order chi connectivity index (χ0) is 18.0. The number of carbonyl (C=O) groups is 1. The zero-order valence-electron chi connectivity index (χ0n) is 16.7. The number of amides is 1. The summed E-state index contributed by atoms with van der Waals surface area (Å²) in [5.41, 5.74) is 0.0549. The number of hydrogen-bond donors (Lipinski definition) is 1. The van der Waals surface area contributed by atoms with E-state index in [1.165, 1.54) is 25.7 Å². The Hall–Kier alpha value is -0.770. The van der Waals surface area contributed by atoms with E-state index >= 15 is 0 Å². The lowest BCUT2D eigenvalue weighted by atomic mass is 9.70. The zero-order valence-corrected chi connectivity index (χ0v) is 16.7. The molecule has 1 heterocycles. The molecule has 0 aromatic heterocycles. The summed E-state index contributed by atoms with van der Waals surface area (Å²) in [7, 11) is 0. The third-order valence-corrected chi connectivity index (χ3v) is 5.47. The lowest BCUT2D eigenvalue weighted by molar-refractivity contribution is 0.0237. The molecule has 1 amide bonds. The van der Waals surface area contributed by atoms with E-state index in [9.17, 15) is 4.79 Å². The van der Waals surface area contributed by atoms with Crippen LogP contribution in [0, 0.1) is 11.3 Å². The van der Waals surface area contributed by atoms with Crippen molar-refractivity contribution in [3.05, 3.63) is 0 Å². The van der Waals surface area contributed by atoms with Crippen molar-refractivity contribution in [1.29, 1.82) is 0 Å². The molecule has 1 N–H and O–H groups in total. The fraction of sp³-hybridized carbons (Fsp3) is 0.950. The fourth-order valence-corrected chi connectivity index (χ4v) is 4.27. The molecule has 0 spiro atoms. The molecule has 0 aromatic rings. The summed E-state index contributed by atoms with van der Waals surface area (Å²) in [6, 6.07) is 0.982. The highest BCUT2D eigenvalue weighted by Crippen LogP contribution is 2.38. The van der Waals surface area contributed by atoms with Gasteiger partial charge in [-0.1, -0.05) is 27.2 Å². The quantitative estimate of drug-likeness (QED) is 0.801. The summed E-state index contributed by atoms with van der Waals surface area (Å²) < 4.78 is 5.58. The van der Waals surface area contributed by atoms with Crippen molar-refractivity contribution < 1.29 is 9.53 Å². The van der Waals surface area contributed by atoms with Crippen LogP contribution in [0.2, 0.25) is 0 Å². The molecule has 2 fully saturated rings. The third kappa shape index (κ3) is 5.94. The van der Waals surface area contributed by atoms with Gasteiger partial charge in [-0.15, -0.1) is 0 Å². The Morgan fingerprint density at radius 3 is 2.54 bits per heavy atom. The highest BCUT2D eigenvalue weighted by molar-refractivity contribution is 5.68. The van der Waals surface area contributed by atoms with Crippen LogP contribution in [0.25, 0.3) is 0 Å². The van der Waals surface area contributed by atoms with Crippen LogP contribution in [0.3, 0.4) is 0 Å². The third-order valence-electron chi connectivity index (χ3n) is 5.47. The van der Waals surface area contributed by atoms with Crippen molar-refractivity contribution in [3.8, 4) is 0 Å². The number of ether oxygens (including phenoxy) is 1. The van der Waals surface area contributed by atoms with Gasteiger partial charge in [0.15, 0.2) is 0 Å². The first-order valence-corrected chi connectivity index (χ1v) is 9.80. The predicted octanol–water partition coefficient (Wildman–Crippen LogP) is 4.58. The number of carbonyl (C=O) groups excluding carboxylic acids is 1. The van der Waals surface area contributed by atoms with Crippen LogP contribution in [0.4, 0.5) is 4.79 Å². The fourth-order valence-electron chi connectivity index (χ4n) is 4.27. The van der Waals surface area contributed by atoms with Gasteiger partial charge in [0.2, 0.25) is 0 Å². The molecule has 2 rings (SSSR count). The van der Waals surface area contributed by atoms with Gasteiger partial charge in [0.25, 0.3) is 0 Å². The van der Waals surface area contributed by atoms with E-state index in [1.807, 2.05) is 25.7 Å². The van der Waals surface area contributed by atoms with Gasteiger partial charge in [0.1, 0.15) is 5.60 Å². The molecular weight excluding hydrogens is 300 g/mol. The van der Waals surface area contributed by atoms with Gasteiger partial charge in [-0.3, -0.25) is 0 Å². The van der Waals surface area contributed by atoms with Crippen LogP contribution in [-0.2, 0) is 4.74 Å².